The van der Waals surface area contributed by atoms with Gasteiger partial charge >= 0.3 is 5.97 Å². The number of rotatable bonds is 4. The molecule has 1 aliphatic rings. The molecular formula is C19H13Cl2NO3. The van der Waals surface area contributed by atoms with Crippen molar-refractivity contribution in [1.29, 1.82) is 0 Å². The monoisotopic (exact) mass is 373 g/mol. The molecule has 0 saturated carbocycles. The first kappa shape index (κ1) is 17.3. The lowest BCUT2D eigenvalue weighted by Crippen LogP contribution is -2.01. The predicted octanol–water partition coefficient (Wildman–Crippen LogP) is 5.01. The van der Waals surface area contributed by atoms with Gasteiger partial charge in [0.1, 0.15) is 5.75 Å². The van der Waals surface area contributed by atoms with E-state index >= 15 is 0 Å². The number of esters is 1. The van der Waals surface area contributed by atoms with Crippen LogP contribution >= 0.6 is 23.2 Å². The molecule has 0 saturated heterocycles. The Hall–Kier alpha value is -2.56. The third-order valence-corrected chi connectivity index (χ3v) is 4.25. The van der Waals surface area contributed by atoms with E-state index in [1.165, 1.54) is 0 Å². The lowest BCUT2D eigenvalue weighted by Gasteiger charge is -2.00. The molecule has 0 N–H and O–H groups in total. The van der Waals surface area contributed by atoms with Crippen molar-refractivity contribution in [3.63, 3.8) is 0 Å². The molecule has 2 aromatic carbocycles. The van der Waals surface area contributed by atoms with E-state index in [4.69, 9.17) is 32.7 Å². The molecule has 0 spiro atoms. The van der Waals surface area contributed by atoms with Crippen LogP contribution in [0.1, 0.15) is 11.1 Å². The Labute approximate surface area is 155 Å². The van der Waals surface area contributed by atoms with Gasteiger partial charge in [0.2, 0.25) is 5.90 Å². The third-order valence-electron chi connectivity index (χ3n) is 3.42. The van der Waals surface area contributed by atoms with Crippen LogP contribution < -0.4 is 4.74 Å². The normalized spacial score (nSPS) is 15.6. The summed E-state index contributed by atoms with van der Waals surface area (Å²) in [7, 11) is 1.58. The van der Waals surface area contributed by atoms with Gasteiger partial charge in [-0.2, -0.15) is 0 Å². The zero-order chi connectivity index (χ0) is 17.8. The molecule has 0 aromatic heterocycles. The quantitative estimate of drug-likeness (QED) is 0.558. The van der Waals surface area contributed by atoms with Crippen molar-refractivity contribution < 1.29 is 14.3 Å². The Morgan fingerprint density at radius 1 is 1.12 bits per heavy atom. The van der Waals surface area contributed by atoms with Gasteiger partial charge in [-0.3, -0.25) is 0 Å². The molecule has 1 aliphatic heterocycles. The molecule has 3 rings (SSSR count). The molecule has 6 heteroatoms. The van der Waals surface area contributed by atoms with Gasteiger partial charge in [-0.05, 0) is 41.5 Å². The number of carbonyl (C=O) groups is 1. The topological polar surface area (TPSA) is 47.9 Å². The number of carbonyl (C=O) groups excluding carboxylic acids is 1. The van der Waals surface area contributed by atoms with E-state index in [1.807, 2.05) is 18.2 Å². The summed E-state index contributed by atoms with van der Waals surface area (Å²) < 4.78 is 10.3. The predicted molar refractivity (Wildman–Crippen MR) is 100.0 cm³/mol. The highest BCUT2D eigenvalue weighted by molar-refractivity contribution is 6.42. The smallest absolute Gasteiger partial charge is 0.363 e. The van der Waals surface area contributed by atoms with Gasteiger partial charge in [-0.15, -0.1) is 0 Å². The van der Waals surface area contributed by atoms with Gasteiger partial charge in [-0.1, -0.05) is 47.5 Å². The molecule has 0 atom stereocenters. The fourth-order valence-electron chi connectivity index (χ4n) is 2.20. The highest BCUT2D eigenvalue weighted by Crippen LogP contribution is 2.27. The number of aliphatic imine (C=N–C) groups is 1. The number of halogens is 2. The minimum atomic E-state index is -0.514. The van der Waals surface area contributed by atoms with E-state index in [2.05, 4.69) is 4.99 Å². The van der Waals surface area contributed by atoms with Gasteiger partial charge in [0.25, 0.3) is 0 Å². The van der Waals surface area contributed by atoms with Crippen molar-refractivity contribution in [2.75, 3.05) is 7.11 Å². The van der Waals surface area contributed by atoms with Crippen LogP contribution in [0.4, 0.5) is 0 Å². The Kier molecular flexibility index (Phi) is 5.22. The molecule has 0 bridgehead atoms. The van der Waals surface area contributed by atoms with Gasteiger partial charge in [-0.25, -0.2) is 9.79 Å². The Balaban J connectivity index is 1.83. The Morgan fingerprint density at radius 2 is 1.92 bits per heavy atom. The number of ether oxygens (including phenoxy) is 2. The molecule has 0 amide bonds. The molecular weight excluding hydrogens is 361 g/mol. The number of benzene rings is 2. The SMILES string of the molecule is COc1cccc(/C=C2N=C(/C=C/c3cccc(Cl)c3Cl)OC\2=O)c1. The maximum absolute atomic E-state index is 12.0. The van der Waals surface area contributed by atoms with Gasteiger partial charge in [0.15, 0.2) is 5.70 Å². The number of hydrogen-bond acceptors (Lipinski definition) is 4. The summed E-state index contributed by atoms with van der Waals surface area (Å²) in [5, 5.41) is 0.880. The summed E-state index contributed by atoms with van der Waals surface area (Å²) in [6, 6.07) is 12.6. The summed E-state index contributed by atoms with van der Waals surface area (Å²) >= 11 is 12.1. The number of nitrogens with zero attached hydrogens (tertiary/aromatic N) is 1. The van der Waals surface area contributed by atoms with Crippen molar-refractivity contribution in [2.45, 2.75) is 0 Å². The number of cyclic esters (lactones) is 1. The molecule has 25 heavy (non-hydrogen) atoms. The first-order valence-corrected chi connectivity index (χ1v) is 8.11. The maximum atomic E-state index is 12.0. The second-order valence-corrected chi connectivity index (χ2v) is 5.91. The van der Waals surface area contributed by atoms with Crippen molar-refractivity contribution in [3.8, 4) is 5.75 Å². The summed E-state index contributed by atoms with van der Waals surface area (Å²) in [5.41, 5.74) is 1.71. The molecule has 126 valence electrons. The van der Waals surface area contributed by atoms with Gasteiger partial charge in [0, 0.05) is 6.08 Å². The lowest BCUT2D eigenvalue weighted by atomic mass is 10.2. The molecule has 4 nitrogen and oxygen atoms in total. The average Bonchev–Trinajstić information content (AvgIpc) is 2.96. The second-order valence-electron chi connectivity index (χ2n) is 5.12. The molecule has 0 fully saturated rings. The summed E-state index contributed by atoms with van der Waals surface area (Å²) in [5.74, 6) is 0.371. The van der Waals surface area contributed by atoms with Crippen molar-refractivity contribution in [2.24, 2.45) is 4.99 Å². The minimum Gasteiger partial charge on any atom is -0.497 e. The summed E-state index contributed by atoms with van der Waals surface area (Å²) in [4.78, 5) is 16.1. The van der Waals surface area contributed by atoms with Crippen LogP contribution in [0.2, 0.25) is 10.0 Å². The van der Waals surface area contributed by atoms with Crippen LogP contribution in [0, 0.1) is 0 Å². The first-order chi connectivity index (χ1) is 12.1. The van der Waals surface area contributed by atoms with Crippen LogP contribution in [-0.2, 0) is 9.53 Å². The largest absolute Gasteiger partial charge is 0.497 e. The van der Waals surface area contributed by atoms with Crippen LogP contribution in [0.5, 0.6) is 5.75 Å². The first-order valence-electron chi connectivity index (χ1n) is 7.35. The molecule has 0 radical (unpaired) electrons. The van der Waals surface area contributed by atoms with E-state index in [1.54, 1.807) is 49.6 Å². The maximum Gasteiger partial charge on any atom is 0.363 e. The van der Waals surface area contributed by atoms with Crippen LogP contribution in [-0.4, -0.2) is 19.0 Å². The minimum absolute atomic E-state index is 0.190. The Bertz CT molecular complexity index is 917. The van der Waals surface area contributed by atoms with E-state index in [0.717, 1.165) is 5.56 Å². The standard InChI is InChI=1S/C19H13Cl2NO3/c1-24-14-6-2-4-12(10-14)11-16-19(23)25-17(22-16)9-8-13-5-3-7-15(20)18(13)21/h2-11H,1H3/b9-8+,16-11-. The molecule has 0 unspecified atom stereocenters. The highest BCUT2D eigenvalue weighted by atomic mass is 35.5. The second kappa shape index (κ2) is 7.55. The van der Waals surface area contributed by atoms with E-state index < -0.39 is 5.97 Å². The fourth-order valence-corrected chi connectivity index (χ4v) is 2.57. The van der Waals surface area contributed by atoms with Crippen molar-refractivity contribution in [1.82, 2.24) is 0 Å². The zero-order valence-electron chi connectivity index (χ0n) is 13.2. The summed E-state index contributed by atoms with van der Waals surface area (Å²) in [6.45, 7) is 0. The molecule has 1 heterocycles. The highest BCUT2D eigenvalue weighted by Gasteiger charge is 2.21. The fraction of sp³-hybridized carbons (Fsp3) is 0.0526. The summed E-state index contributed by atoms with van der Waals surface area (Å²) in [6.07, 6.45) is 4.90. The zero-order valence-corrected chi connectivity index (χ0v) is 14.7. The van der Waals surface area contributed by atoms with Crippen LogP contribution in [0.15, 0.2) is 59.2 Å². The van der Waals surface area contributed by atoms with E-state index in [0.29, 0.717) is 21.4 Å². The molecule has 0 aliphatic carbocycles. The van der Waals surface area contributed by atoms with E-state index in [9.17, 15) is 4.79 Å². The number of hydrogen-bond donors (Lipinski definition) is 0. The van der Waals surface area contributed by atoms with Gasteiger partial charge in [0.05, 0.1) is 17.2 Å². The third kappa shape index (κ3) is 4.10. The Morgan fingerprint density at radius 3 is 2.72 bits per heavy atom. The lowest BCUT2D eigenvalue weighted by molar-refractivity contribution is -0.129. The number of methoxy groups -OCH3 is 1. The average molecular weight is 374 g/mol. The van der Waals surface area contributed by atoms with Crippen LogP contribution in [0.25, 0.3) is 12.2 Å². The van der Waals surface area contributed by atoms with Gasteiger partial charge < -0.3 is 9.47 Å². The van der Waals surface area contributed by atoms with E-state index in [-0.39, 0.29) is 11.6 Å². The van der Waals surface area contributed by atoms with Crippen LogP contribution in [0.3, 0.4) is 0 Å². The van der Waals surface area contributed by atoms with Crippen molar-refractivity contribution >= 4 is 47.2 Å². The van der Waals surface area contributed by atoms with Crippen molar-refractivity contribution in [3.05, 3.63) is 75.4 Å². The molecule has 2 aromatic rings.